The summed E-state index contributed by atoms with van der Waals surface area (Å²) in [5.41, 5.74) is 7.56. The highest BCUT2D eigenvalue weighted by Crippen LogP contribution is 2.19. The zero-order valence-electron chi connectivity index (χ0n) is 13.4. The highest BCUT2D eigenvalue weighted by atomic mass is 16.3. The molecule has 0 saturated heterocycles. The largest absolute Gasteiger partial charge is 0.392 e. The van der Waals surface area contributed by atoms with Crippen LogP contribution >= 0.6 is 0 Å². The number of hydrogen-bond donors (Lipinski definition) is 2. The number of nitrogens with one attached hydrogen (secondary N) is 1. The van der Waals surface area contributed by atoms with Gasteiger partial charge in [-0.25, -0.2) is 0 Å². The smallest absolute Gasteiger partial charge is 0.0681 e. The first-order valence-electron chi connectivity index (χ1n) is 7.51. The second-order valence-corrected chi connectivity index (χ2v) is 5.88. The van der Waals surface area contributed by atoms with E-state index in [-0.39, 0.29) is 12.6 Å². The highest BCUT2D eigenvalue weighted by molar-refractivity contribution is 5.37. The first-order valence-corrected chi connectivity index (χ1v) is 7.51. The van der Waals surface area contributed by atoms with E-state index in [4.69, 9.17) is 0 Å². The fourth-order valence-corrected chi connectivity index (χ4v) is 2.82. The fourth-order valence-electron chi connectivity index (χ4n) is 2.82. The molecule has 0 bridgehead atoms. The molecule has 2 rings (SSSR count). The van der Waals surface area contributed by atoms with E-state index >= 15 is 0 Å². The van der Waals surface area contributed by atoms with Crippen LogP contribution in [0.15, 0.2) is 36.4 Å². The van der Waals surface area contributed by atoms with Crippen LogP contribution in [0, 0.1) is 20.8 Å². The number of benzene rings is 2. The number of aryl methyl sites for hydroxylation is 3. The van der Waals surface area contributed by atoms with E-state index in [0.717, 1.165) is 12.1 Å². The summed E-state index contributed by atoms with van der Waals surface area (Å²) < 4.78 is 0. The van der Waals surface area contributed by atoms with Gasteiger partial charge in [0.25, 0.3) is 0 Å². The van der Waals surface area contributed by atoms with E-state index in [0.29, 0.717) is 0 Å². The van der Waals surface area contributed by atoms with Gasteiger partial charge < -0.3 is 10.4 Å². The summed E-state index contributed by atoms with van der Waals surface area (Å²) in [6, 6.07) is 12.9. The molecule has 1 unspecified atom stereocenters. The Morgan fingerprint density at radius 1 is 1.05 bits per heavy atom. The summed E-state index contributed by atoms with van der Waals surface area (Å²) in [7, 11) is 0. The third-order valence-corrected chi connectivity index (χ3v) is 4.06. The van der Waals surface area contributed by atoms with Crippen LogP contribution in [0.1, 0.15) is 46.3 Å². The van der Waals surface area contributed by atoms with Gasteiger partial charge in [-0.15, -0.1) is 0 Å². The Balaban J connectivity index is 2.09. The van der Waals surface area contributed by atoms with Gasteiger partial charge in [0, 0.05) is 12.6 Å². The van der Waals surface area contributed by atoms with E-state index in [1.807, 2.05) is 12.1 Å². The van der Waals surface area contributed by atoms with Gasteiger partial charge in [-0.2, -0.15) is 0 Å². The molecular weight excluding hydrogens is 258 g/mol. The third-order valence-electron chi connectivity index (χ3n) is 4.06. The Kier molecular flexibility index (Phi) is 5.16. The average Bonchev–Trinajstić information content (AvgIpc) is 2.46. The molecule has 0 amide bonds. The van der Waals surface area contributed by atoms with Crippen molar-refractivity contribution in [3.8, 4) is 0 Å². The van der Waals surface area contributed by atoms with Crippen LogP contribution in [0.3, 0.4) is 0 Å². The van der Waals surface area contributed by atoms with Crippen LogP contribution in [-0.4, -0.2) is 5.11 Å². The second kappa shape index (κ2) is 6.88. The van der Waals surface area contributed by atoms with Gasteiger partial charge in [0.1, 0.15) is 0 Å². The minimum absolute atomic E-state index is 0.0940. The van der Waals surface area contributed by atoms with E-state index in [2.05, 4.69) is 57.3 Å². The normalized spacial score (nSPS) is 12.4. The summed E-state index contributed by atoms with van der Waals surface area (Å²) >= 11 is 0. The molecule has 0 radical (unpaired) electrons. The summed E-state index contributed by atoms with van der Waals surface area (Å²) in [6.45, 7) is 9.61. The molecule has 0 saturated carbocycles. The molecule has 2 nitrogen and oxygen atoms in total. The van der Waals surface area contributed by atoms with Crippen LogP contribution in [0.25, 0.3) is 0 Å². The lowest BCUT2D eigenvalue weighted by atomic mass is 9.99. The maximum atomic E-state index is 9.23. The Hall–Kier alpha value is -1.64. The lowest BCUT2D eigenvalue weighted by Crippen LogP contribution is -2.19. The van der Waals surface area contributed by atoms with Crippen molar-refractivity contribution in [2.75, 3.05) is 0 Å². The van der Waals surface area contributed by atoms with Crippen molar-refractivity contribution in [1.29, 1.82) is 0 Å². The number of hydrogen-bond acceptors (Lipinski definition) is 2. The fraction of sp³-hybridized carbons (Fsp3) is 0.368. The van der Waals surface area contributed by atoms with Crippen molar-refractivity contribution in [3.63, 3.8) is 0 Å². The molecule has 0 spiro atoms. The van der Waals surface area contributed by atoms with Gasteiger partial charge >= 0.3 is 0 Å². The number of aliphatic hydroxyl groups is 1. The minimum Gasteiger partial charge on any atom is -0.392 e. The lowest BCUT2D eigenvalue weighted by molar-refractivity contribution is 0.281. The van der Waals surface area contributed by atoms with Gasteiger partial charge in [-0.05, 0) is 55.5 Å². The van der Waals surface area contributed by atoms with Crippen molar-refractivity contribution >= 4 is 0 Å². The Labute approximate surface area is 127 Å². The Bertz CT molecular complexity index is 596. The van der Waals surface area contributed by atoms with Gasteiger partial charge in [-0.3, -0.25) is 0 Å². The zero-order chi connectivity index (χ0) is 15.4. The van der Waals surface area contributed by atoms with Gasteiger partial charge in [-0.1, -0.05) is 42.0 Å². The molecule has 1 atom stereocenters. The van der Waals surface area contributed by atoms with E-state index in [1.165, 1.54) is 27.8 Å². The van der Waals surface area contributed by atoms with Crippen LogP contribution in [0.5, 0.6) is 0 Å². The minimum atomic E-state index is 0.0940. The molecule has 0 heterocycles. The summed E-state index contributed by atoms with van der Waals surface area (Å²) in [5, 5.41) is 12.8. The first-order chi connectivity index (χ1) is 10.0. The van der Waals surface area contributed by atoms with Crippen molar-refractivity contribution in [1.82, 2.24) is 5.32 Å². The molecule has 2 heteroatoms. The lowest BCUT2D eigenvalue weighted by Gasteiger charge is -2.18. The average molecular weight is 283 g/mol. The second-order valence-electron chi connectivity index (χ2n) is 5.88. The van der Waals surface area contributed by atoms with Gasteiger partial charge in [0.2, 0.25) is 0 Å². The quantitative estimate of drug-likeness (QED) is 0.870. The molecule has 0 aromatic heterocycles. The van der Waals surface area contributed by atoms with Crippen molar-refractivity contribution in [2.45, 2.75) is 46.9 Å². The van der Waals surface area contributed by atoms with Gasteiger partial charge in [0.15, 0.2) is 0 Å². The molecular formula is C19H25NO. The predicted octanol–water partition coefficient (Wildman–Crippen LogP) is 3.95. The van der Waals surface area contributed by atoms with E-state index < -0.39 is 0 Å². The van der Waals surface area contributed by atoms with Crippen LogP contribution < -0.4 is 5.32 Å². The van der Waals surface area contributed by atoms with Gasteiger partial charge in [0.05, 0.1) is 6.61 Å². The molecule has 0 aliphatic rings. The topological polar surface area (TPSA) is 32.3 Å². The van der Waals surface area contributed by atoms with E-state index in [1.54, 1.807) is 0 Å². The maximum absolute atomic E-state index is 9.23. The Morgan fingerprint density at radius 2 is 1.71 bits per heavy atom. The number of aliphatic hydroxyl groups excluding tert-OH is 1. The summed E-state index contributed by atoms with van der Waals surface area (Å²) in [6.07, 6.45) is 0. The van der Waals surface area contributed by atoms with E-state index in [9.17, 15) is 5.11 Å². The predicted molar refractivity (Wildman–Crippen MR) is 88.3 cm³/mol. The maximum Gasteiger partial charge on any atom is 0.0681 e. The first kappa shape index (κ1) is 15.7. The molecule has 21 heavy (non-hydrogen) atoms. The molecule has 2 aromatic carbocycles. The van der Waals surface area contributed by atoms with Crippen LogP contribution in [0.2, 0.25) is 0 Å². The molecule has 0 fully saturated rings. The van der Waals surface area contributed by atoms with Crippen molar-refractivity contribution < 1.29 is 5.11 Å². The molecule has 2 aromatic rings. The molecule has 0 aliphatic heterocycles. The summed E-state index contributed by atoms with van der Waals surface area (Å²) in [4.78, 5) is 0. The molecule has 112 valence electrons. The van der Waals surface area contributed by atoms with Crippen molar-refractivity contribution in [2.24, 2.45) is 0 Å². The Morgan fingerprint density at radius 3 is 2.33 bits per heavy atom. The highest BCUT2D eigenvalue weighted by Gasteiger charge is 2.08. The molecule has 0 aliphatic carbocycles. The van der Waals surface area contributed by atoms with Crippen LogP contribution in [0.4, 0.5) is 0 Å². The molecule has 2 N–H and O–H groups in total. The van der Waals surface area contributed by atoms with Crippen molar-refractivity contribution in [3.05, 3.63) is 69.8 Å². The monoisotopic (exact) mass is 283 g/mol. The third kappa shape index (κ3) is 3.93. The SMILES string of the molecule is Cc1cc(C)c(CNC(C)c2cccc(CO)c2)c(C)c1. The standard InChI is InChI=1S/C19H25NO/c1-13-8-14(2)19(15(3)9-13)11-20-16(4)18-7-5-6-17(10-18)12-21/h5-10,16,20-21H,11-12H2,1-4H3. The van der Waals surface area contributed by atoms with Crippen LogP contribution in [-0.2, 0) is 13.2 Å². The summed E-state index contributed by atoms with van der Waals surface area (Å²) in [5.74, 6) is 0. The zero-order valence-corrected chi connectivity index (χ0v) is 13.4. The number of rotatable bonds is 5.